The standard InChI is InChI=1S/C20H42O2/c1-3-5-7-9-10-12-14-16-20(19-22-18-17-21)15-13-11-8-6-4-2/h20-21H,3-19H2,1-2H3. The van der Waals surface area contributed by atoms with Crippen LogP contribution in [0.3, 0.4) is 0 Å². The van der Waals surface area contributed by atoms with E-state index in [4.69, 9.17) is 9.84 Å². The van der Waals surface area contributed by atoms with Gasteiger partial charge in [0.25, 0.3) is 0 Å². The molecule has 0 aromatic heterocycles. The Labute approximate surface area is 140 Å². The van der Waals surface area contributed by atoms with Crippen LogP contribution in [0, 0.1) is 5.92 Å². The molecule has 0 saturated carbocycles. The van der Waals surface area contributed by atoms with Gasteiger partial charge >= 0.3 is 0 Å². The van der Waals surface area contributed by atoms with Crippen molar-refractivity contribution in [3.8, 4) is 0 Å². The summed E-state index contributed by atoms with van der Waals surface area (Å²) in [6, 6.07) is 0. The molecule has 0 fully saturated rings. The summed E-state index contributed by atoms with van der Waals surface area (Å²) in [7, 11) is 0. The number of aliphatic hydroxyl groups excluding tert-OH is 1. The van der Waals surface area contributed by atoms with E-state index in [1.54, 1.807) is 0 Å². The summed E-state index contributed by atoms with van der Waals surface area (Å²) >= 11 is 0. The van der Waals surface area contributed by atoms with Crippen LogP contribution >= 0.6 is 0 Å². The van der Waals surface area contributed by atoms with E-state index >= 15 is 0 Å². The lowest BCUT2D eigenvalue weighted by atomic mass is 9.95. The first-order valence-electron chi connectivity index (χ1n) is 10.0. The topological polar surface area (TPSA) is 29.5 Å². The zero-order valence-corrected chi connectivity index (χ0v) is 15.5. The van der Waals surface area contributed by atoms with E-state index in [-0.39, 0.29) is 6.61 Å². The normalized spacial score (nSPS) is 12.7. The van der Waals surface area contributed by atoms with E-state index in [1.165, 1.54) is 89.9 Å². The molecule has 1 unspecified atom stereocenters. The molecular formula is C20H42O2. The monoisotopic (exact) mass is 314 g/mol. The van der Waals surface area contributed by atoms with Gasteiger partial charge in [-0.15, -0.1) is 0 Å². The Morgan fingerprint density at radius 2 is 1.14 bits per heavy atom. The maximum absolute atomic E-state index is 8.84. The van der Waals surface area contributed by atoms with E-state index in [1.807, 2.05) is 0 Å². The summed E-state index contributed by atoms with van der Waals surface area (Å²) < 4.78 is 5.58. The third-order valence-electron chi connectivity index (χ3n) is 4.52. The smallest absolute Gasteiger partial charge is 0.0697 e. The lowest BCUT2D eigenvalue weighted by Crippen LogP contribution is -2.12. The molecule has 0 amide bonds. The minimum Gasteiger partial charge on any atom is -0.394 e. The Hall–Kier alpha value is -0.0800. The van der Waals surface area contributed by atoms with Crippen molar-refractivity contribution < 1.29 is 9.84 Å². The second kappa shape index (κ2) is 19.0. The Morgan fingerprint density at radius 3 is 1.59 bits per heavy atom. The van der Waals surface area contributed by atoms with Gasteiger partial charge in [0.05, 0.1) is 13.2 Å². The van der Waals surface area contributed by atoms with Crippen molar-refractivity contribution in [1.82, 2.24) is 0 Å². The zero-order valence-electron chi connectivity index (χ0n) is 15.5. The van der Waals surface area contributed by atoms with Crippen molar-refractivity contribution in [2.24, 2.45) is 5.92 Å². The van der Waals surface area contributed by atoms with E-state index < -0.39 is 0 Å². The summed E-state index contributed by atoms with van der Waals surface area (Å²) in [6.07, 6.45) is 19.1. The number of hydrogen-bond donors (Lipinski definition) is 1. The van der Waals surface area contributed by atoms with Crippen LogP contribution < -0.4 is 0 Å². The van der Waals surface area contributed by atoms with Crippen LogP contribution in [0.2, 0.25) is 0 Å². The minimum atomic E-state index is 0.153. The third-order valence-corrected chi connectivity index (χ3v) is 4.52. The molecule has 134 valence electrons. The van der Waals surface area contributed by atoms with Gasteiger partial charge in [0.2, 0.25) is 0 Å². The highest BCUT2D eigenvalue weighted by atomic mass is 16.5. The van der Waals surface area contributed by atoms with Crippen molar-refractivity contribution in [3.05, 3.63) is 0 Å². The quantitative estimate of drug-likeness (QED) is 0.309. The number of hydrogen-bond acceptors (Lipinski definition) is 2. The SMILES string of the molecule is CCCCCCCCCC(CCCCCCC)COCCO. The molecule has 0 aliphatic rings. The summed E-state index contributed by atoms with van der Waals surface area (Å²) in [6.45, 7) is 6.05. The molecule has 0 aromatic carbocycles. The molecule has 22 heavy (non-hydrogen) atoms. The highest BCUT2D eigenvalue weighted by molar-refractivity contribution is 4.60. The fourth-order valence-corrected chi connectivity index (χ4v) is 3.05. The number of aliphatic hydroxyl groups is 1. The fourth-order valence-electron chi connectivity index (χ4n) is 3.05. The Bertz CT molecular complexity index is 194. The van der Waals surface area contributed by atoms with E-state index in [0.29, 0.717) is 12.5 Å². The molecule has 1 N–H and O–H groups in total. The molecule has 0 aliphatic heterocycles. The van der Waals surface area contributed by atoms with E-state index in [2.05, 4.69) is 13.8 Å². The summed E-state index contributed by atoms with van der Waals surface area (Å²) in [4.78, 5) is 0. The van der Waals surface area contributed by atoms with Gasteiger partial charge in [-0.3, -0.25) is 0 Å². The largest absolute Gasteiger partial charge is 0.394 e. The molecule has 2 heteroatoms. The minimum absolute atomic E-state index is 0.153. The van der Waals surface area contributed by atoms with Crippen molar-refractivity contribution in [2.75, 3.05) is 19.8 Å². The van der Waals surface area contributed by atoms with E-state index in [9.17, 15) is 0 Å². The summed E-state index contributed by atoms with van der Waals surface area (Å²) in [5.74, 6) is 0.712. The predicted molar refractivity (Wildman–Crippen MR) is 97.4 cm³/mol. The van der Waals surface area contributed by atoms with Crippen LogP contribution in [0.4, 0.5) is 0 Å². The summed E-state index contributed by atoms with van der Waals surface area (Å²) in [5, 5.41) is 8.84. The number of ether oxygens (including phenoxy) is 1. The highest BCUT2D eigenvalue weighted by Gasteiger charge is 2.09. The van der Waals surface area contributed by atoms with E-state index in [0.717, 1.165) is 6.61 Å². The first-order chi connectivity index (χ1) is 10.8. The van der Waals surface area contributed by atoms with Crippen LogP contribution in [0.5, 0.6) is 0 Å². The predicted octanol–water partition coefficient (Wildman–Crippen LogP) is 6.11. The average molecular weight is 315 g/mol. The third kappa shape index (κ3) is 16.3. The maximum atomic E-state index is 8.84. The first-order valence-corrected chi connectivity index (χ1v) is 10.0. The van der Waals surface area contributed by atoms with Crippen molar-refractivity contribution in [3.63, 3.8) is 0 Å². The van der Waals surface area contributed by atoms with Crippen molar-refractivity contribution >= 4 is 0 Å². The molecule has 0 saturated heterocycles. The molecule has 0 bridgehead atoms. The van der Waals surface area contributed by atoms with Crippen LogP contribution in [0.15, 0.2) is 0 Å². The highest BCUT2D eigenvalue weighted by Crippen LogP contribution is 2.19. The Balaban J connectivity index is 3.63. The molecular weight excluding hydrogens is 272 g/mol. The molecule has 2 nitrogen and oxygen atoms in total. The lowest BCUT2D eigenvalue weighted by molar-refractivity contribution is 0.0620. The van der Waals surface area contributed by atoms with Gasteiger partial charge in [-0.1, -0.05) is 90.9 Å². The average Bonchev–Trinajstić information content (AvgIpc) is 2.53. The first kappa shape index (κ1) is 21.9. The van der Waals surface area contributed by atoms with Crippen LogP contribution in [0.25, 0.3) is 0 Å². The van der Waals surface area contributed by atoms with Gasteiger partial charge in [0.1, 0.15) is 0 Å². The van der Waals surface area contributed by atoms with Gasteiger partial charge in [0.15, 0.2) is 0 Å². The molecule has 0 spiro atoms. The van der Waals surface area contributed by atoms with Gasteiger partial charge in [-0.2, -0.15) is 0 Å². The molecule has 0 aromatic rings. The second-order valence-corrected chi connectivity index (χ2v) is 6.78. The number of unbranched alkanes of at least 4 members (excludes halogenated alkanes) is 10. The molecule has 0 aliphatic carbocycles. The molecule has 0 radical (unpaired) electrons. The van der Waals surface area contributed by atoms with Crippen LogP contribution in [-0.4, -0.2) is 24.9 Å². The molecule has 1 atom stereocenters. The fraction of sp³-hybridized carbons (Fsp3) is 1.00. The lowest BCUT2D eigenvalue weighted by Gasteiger charge is -2.17. The Kier molecular flexibility index (Phi) is 18.9. The van der Waals surface area contributed by atoms with Crippen molar-refractivity contribution in [2.45, 2.75) is 104 Å². The zero-order chi connectivity index (χ0) is 16.3. The van der Waals surface area contributed by atoms with Crippen molar-refractivity contribution in [1.29, 1.82) is 0 Å². The molecule has 0 rings (SSSR count). The van der Waals surface area contributed by atoms with Crippen LogP contribution in [0.1, 0.15) is 104 Å². The summed E-state index contributed by atoms with van der Waals surface area (Å²) in [5.41, 5.74) is 0. The van der Waals surface area contributed by atoms with Gasteiger partial charge in [-0.05, 0) is 18.8 Å². The van der Waals surface area contributed by atoms with Gasteiger partial charge in [0, 0.05) is 6.61 Å². The second-order valence-electron chi connectivity index (χ2n) is 6.78. The maximum Gasteiger partial charge on any atom is 0.0697 e. The van der Waals surface area contributed by atoms with Gasteiger partial charge < -0.3 is 9.84 Å². The molecule has 0 heterocycles. The Morgan fingerprint density at radius 1 is 0.682 bits per heavy atom. The van der Waals surface area contributed by atoms with Gasteiger partial charge in [-0.25, -0.2) is 0 Å². The number of rotatable bonds is 18. The van der Waals surface area contributed by atoms with Crippen LogP contribution in [-0.2, 0) is 4.74 Å².